The quantitative estimate of drug-likeness (QED) is 0.747. The average Bonchev–Trinajstić information content (AvgIpc) is 3.01. The van der Waals surface area contributed by atoms with Crippen molar-refractivity contribution < 1.29 is 9.53 Å². The second-order valence-corrected chi connectivity index (χ2v) is 5.62. The van der Waals surface area contributed by atoms with E-state index in [-0.39, 0.29) is 18.3 Å². The van der Waals surface area contributed by atoms with Crippen LogP contribution in [-0.4, -0.2) is 43.1 Å². The number of hydrogen-bond donors (Lipinski definition) is 1. The maximum absolute atomic E-state index is 11.9. The molecule has 1 atom stereocenters. The van der Waals surface area contributed by atoms with Crippen LogP contribution in [0.3, 0.4) is 0 Å². The number of carbonyl (C=O) groups is 1. The van der Waals surface area contributed by atoms with Crippen molar-refractivity contribution in [1.82, 2.24) is 10.2 Å². The molecule has 0 saturated carbocycles. The summed E-state index contributed by atoms with van der Waals surface area (Å²) in [6, 6.07) is 9.45. The molecule has 1 aliphatic heterocycles. The number of hydrogen-bond acceptors (Lipinski definition) is 3. The van der Waals surface area contributed by atoms with Crippen molar-refractivity contribution in [3.63, 3.8) is 0 Å². The molecule has 1 saturated heterocycles. The van der Waals surface area contributed by atoms with Gasteiger partial charge in [-0.15, -0.1) is 12.4 Å². The van der Waals surface area contributed by atoms with Gasteiger partial charge in [-0.25, -0.2) is 0 Å². The smallest absolute Gasteiger partial charge is 0.260 e. The highest BCUT2D eigenvalue weighted by Crippen LogP contribution is 2.11. The maximum atomic E-state index is 11.9. The zero-order valence-electron chi connectivity index (χ0n) is 13.3. The van der Waals surface area contributed by atoms with Crippen LogP contribution < -0.4 is 10.1 Å². The fourth-order valence-corrected chi connectivity index (χ4v) is 2.58. The second kappa shape index (κ2) is 10.5. The molecule has 124 valence electrons. The Kier molecular flexibility index (Phi) is 8.94. The first kappa shape index (κ1) is 18.8. The zero-order chi connectivity index (χ0) is 14.9. The molecule has 1 heterocycles. The summed E-state index contributed by atoms with van der Waals surface area (Å²) in [5.41, 5.74) is 0. The van der Waals surface area contributed by atoms with E-state index in [1.165, 1.54) is 25.9 Å². The number of nitrogens with zero attached hydrogens (tertiary/aromatic N) is 1. The summed E-state index contributed by atoms with van der Waals surface area (Å²) >= 11 is 0. The number of ether oxygens (including phenoxy) is 1. The Bertz CT molecular complexity index is 422. The van der Waals surface area contributed by atoms with Crippen LogP contribution in [0.1, 0.15) is 32.6 Å². The summed E-state index contributed by atoms with van der Waals surface area (Å²) in [7, 11) is 0. The van der Waals surface area contributed by atoms with Crippen LogP contribution >= 0.6 is 12.4 Å². The van der Waals surface area contributed by atoms with Crippen LogP contribution in [0.15, 0.2) is 30.3 Å². The van der Waals surface area contributed by atoms with Crippen molar-refractivity contribution in [2.45, 2.75) is 38.7 Å². The van der Waals surface area contributed by atoms with Crippen molar-refractivity contribution in [1.29, 1.82) is 0 Å². The topological polar surface area (TPSA) is 41.6 Å². The van der Waals surface area contributed by atoms with Gasteiger partial charge in [0.2, 0.25) is 0 Å². The number of para-hydroxylation sites is 1. The normalized spacial score (nSPS) is 15.9. The molecule has 1 N–H and O–H groups in total. The predicted molar refractivity (Wildman–Crippen MR) is 91.7 cm³/mol. The van der Waals surface area contributed by atoms with Crippen LogP contribution in [0.25, 0.3) is 0 Å². The van der Waals surface area contributed by atoms with E-state index < -0.39 is 6.10 Å². The SMILES string of the molecule is CC(Oc1ccccc1)C(=O)NCCCCN1CCCC1.Cl. The highest BCUT2D eigenvalue weighted by Gasteiger charge is 2.14. The Labute approximate surface area is 139 Å². The van der Waals surface area contributed by atoms with E-state index in [9.17, 15) is 4.79 Å². The molecule has 0 aromatic heterocycles. The minimum atomic E-state index is -0.453. The van der Waals surface area contributed by atoms with Gasteiger partial charge in [0.1, 0.15) is 5.75 Å². The zero-order valence-corrected chi connectivity index (χ0v) is 14.1. The molecule has 0 bridgehead atoms. The van der Waals surface area contributed by atoms with Gasteiger partial charge in [-0.3, -0.25) is 4.79 Å². The first-order valence-corrected chi connectivity index (χ1v) is 7.97. The van der Waals surface area contributed by atoms with E-state index >= 15 is 0 Å². The molecule has 4 nitrogen and oxygen atoms in total. The monoisotopic (exact) mass is 326 g/mol. The molecule has 1 aliphatic rings. The van der Waals surface area contributed by atoms with Gasteiger partial charge in [-0.05, 0) is 64.4 Å². The standard InChI is InChI=1S/C17H26N2O2.ClH/c1-15(21-16-9-3-2-4-10-16)17(20)18-11-5-6-12-19-13-7-8-14-19;/h2-4,9-10,15H,5-8,11-14H2,1H3,(H,18,20);1H. The van der Waals surface area contributed by atoms with Gasteiger partial charge < -0.3 is 15.0 Å². The molecule has 0 radical (unpaired) electrons. The second-order valence-electron chi connectivity index (χ2n) is 5.62. The van der Waals surface area contributed by atoms with Crippen molar-refractivity contribution in [2.75, 3.05) is 26.2 Å². The largest absolute Gasteiger partial charge is 0.481 e. The first-order chi connectivity index (χ1) is 10.3. The number of unbranched alkanes of at least 4 members (excludes halogenated alkanes) is 1. The minimum absolute atomic E-state index is 0. The number of halogens is 1. The molecule has 0 aliphatic carbocycles. The summed E-state index contributed by atoms with van der Waals surface area (Å²) < 4.78 is 5.59. The highest BCUT2D eigenvalue weighted by molar-refractivity contribution is 5.85. The minimum Gasteiger partial charge on any atom is -0.481 e. The Hall–Kier alpha value is -1.26. The molecule has 2 rings (SSSR count). The Morgan fingerprint density at radius 1 is 1.23 bits per heavy atom. The van der Waals surface area contributed by atoms with E-state index in [2.05, 4.69) is 10.2 Å². The lowest BCUT2D eigenvalue weighted by molar-refractivity contribution is -0.127. The lowest BCUT2D eigenvalue weighted by atomic mass is 10.2. The summed E-state index contributed by atoms with van der Waals surface area (Å²) in [4.78, 5) is 14.4. The molecule has 1 aromatic carbocycles. The van der Waals surface area contributed by atoms with Crippen molar-refractivity contribution >= 4 is 18.3 Å². The Morgan fingerprint density at radius 2 is 1.91 bits per heavy atom. The van der Waals surface area contributed by atoms with E-state index in [0.29, 0.717) is 0 Å². The van der Waals surface area contributed by atoms with Gasteiger partial charge in [0, 0.05) is 6.54 Å². The molecule has 1 unspecified atom stereocenters. The van der Waals surface area contributed by atoms with Gasteiger partial charge in [0.25, 0.3) is 5.91 Å². The van der Waals surface area contributed by atoms with Gasteiger partial charge in [0.15, 0.2) is 6.10 Å². The summed E-state index contributed by atoms with van der Waals surface area (Å²) in [6.45, 7) is 6.16. The lowest BCUT2D eigenvalue weighted by Gasteiger charge is -2.16. The maximum Gasteiger partial charge on any atom is 0.260 e. The summed E-state index contributed by atoms with van der Waals surface area (Å²) in [6.07, 6.45) is 4.40. The molecule has 22 heavy (non-hydrogen) atoms. The van der Waals surface area contributed by atoms with Crippen LogP contribution in [-0.2, 0) is 4.79 Å². The molecule has 1 fully saturated rings. The fourth-order valence-electron chi connectivity index (χ4n) is 2.58. The van der Waals surface area contributed by atoms with E-state index in [4.69, 9.17) is 4.74 Å². The molecule has 5 heteroatoms. The van der Waals surface area contributed by atoms with Crippen LogP contribution in [0.4, 0.5) is 0 Å². The third kappa shape index (κ3) is 6.67. The van der Waals surface area contributed by atoms with Crippen molar-refractivity contribution in [3.05, 3.63) is 30.3 Å². The van der Waals surface area contributed by atoms with Gasteiger partial charge >= 0.3 is 0 Å². The fraction of sp³-hybridized carbons (Fsp3) is 0.588. The van der Waals surface area contributed by atoms with E-state index in [1.807, 2.05) is 30.3 Å². The molecule has 1 aromatic rings. The van der Waals surface area contributed by atoms with E-state index in [1.54, 1.807) is 6.92 Å². The highest BCUT2D eigenvalue weighted by atomic mass is 35.5. The molecule has 0 spiro atoms. The van der Waals surface area contributed by atoms with Crippen LogP contribution in [0, 0.1) is 0 Å². The summed E-state index contributed by atoms with van der Waals surface area (Å²) in [5.74, 6) is 0.689. The van der Waals surface area contributed by atoms with Crippen LogP contribution in [0.5, 0.6) is 5.75 Å². The number of carbonyl (C=O) groups excluding carboxylic acids is 1. The number of likely N-dealkylation sites (tertiary alicyclic amines) is 1. The molecular weight excluding hydrogens is 300 g/mol. The third-order valence-electron chi connectivity index (χ3n) is 3.82. The number of rotatable bonds is 8. The first-order valence-electron chi connectivity index (χ1n) is 7.97. The third-order valence-corrected chi connectivity index (χ3v) is 3.82. The Morgan fingerprint density at radius 3 is 2.59 bits per heavy atom. The van der Waals surface area contributed by atoms with Gasteiger partial charge in [-0.1, -0.05) is 18.2 Å². The molecular formula is C17H27ClN2O2. The lowest BCUT2D eigenvalue weighted by Crippen LogP contribution is -2.37. The molecule has 1 amide bonds. The number of benzene rings is 1. The average molecular weight is 327 g/mol. The predicted octanol–water partition coefficient (Wildman–Crippen LogP) is 2.87. The summed E-state index contributed by atoms with van der Waals surface area (Å²) in [5, 5.41) is 2.95. The number of amides is 1. The van der Waals surface area contributed by atoms with Crippen LogP contribution in [0.2, 0.25) is 0 Å². The van der Waals surface area contributed by atoms with Gasteiger partial charge in [0.05, 0.1) is 0 Å². The van der Waals surface area contributed by atoms with Crippen molar-refractivity contribution in [3.8, 4) is 5.75 Å². The number of nitrogens with one attached hydrogen (secondary N) is 1. The van der Waals surface area contributed by atoms with E-state index in [0.717, 1.165) is 31.7 Å². The Balaban J connectivity index is 0.00000242. The van der Waals surface area contributed by atoms with Crippen molar-refractivity contribution in [2.24, 2.45) is 0 Å². The van der Waals surface area contributed by atoms with Gasteiger partial charge in [-0.2, -0.15) is 0 Å².